The number of carbonyl (C=O) groups is 1. The minimum absolute atomic E-state index is 0.229. The first-order valence-electron chi connectivity index (χ1n) is 10.3. The molecule has 3 aromatic rings. The number of anilines is 2. The molecule has 2 aromatic carbocycles. The highest BCUT2D eigenvalue weighted by molar-refractivity contribution is 6.07. The van der Waals surface area contributed by atoms with Crippen LogP contribution in [-0.2, 0) is 0 Å². The van der Waals surface area contributed by atoms with Gasteiger partial charge in [-0.1, -0.05) is 32.4 Å². The first-order valence-corrected chi connectivity index (χ1v) is 10.3. The molecular weight excluding hydrogens is 374 g/mol. The molecule has 0 aliphatic heterocycles. The van der Waals surface area contributed by atoms with Gasteiger partial charge in [0.15, 0.2) is 0 Å². The maximum absolute atomic E-state index is 12.6. The number of ether oxygens (including phenoxy) is 1. The molecule has 0 saturated carbocycles. The van der Waals surface area contributed by atoms with Crippen LogP contribution in [0.25, 0.3) is 0 Å². The van der Waals surface area contributed by atoms with Gasteiger partial charge in [-0.15, -0.1) is 0 Å². The Bertz CT molecular complexity index is 1030. The van der Waals surface area contributed by atoms with Crippen molar-refractivity contribution in [2.75, 3.05) is 11.1 Å². The van der Waals surface area contributed by atoms with E-state index in [4.69, 9.17) is 10.5 Å². The van der Waals surface area contributed by atoms with E-state index in [9.17, 15) is 4.79 Å². The fourth-order valence-corrected chi connectivity index (χ4v) is 3.33. The molecule has 1 aromatic heterocycles. The summed E-state index contributed by atoms with van der Waals surface area (Å²) in [5.41, 5.74) is 9.97. The number of benzene rings is 2. The summed E-state index contributed by atoms with van der Waals surface area (Å²) in [4.78, 5) is 16.8. The number of nitrogens with one attached hydrogen (secondary N) is 1. The van der Waals surface area contributed by atoms with E-state index in [0.29, 0.717) is 22.9 Å². The Kier molecular flexibility index (Phi) is 6.72. The fraction of sp³-hybridized carbons (Fsp3) is 0.280. The molecule has 0 spiro atoms. The van der Waals surface area contributed by atoms with Crippen molar-refractivity contribution in [3.05, 3.63) is 77.0 Å². The van der Waals surface area contributed by atoms with Crippen molar-refractivity contribution in [3.8, 4) is 11.5 Å². The van der Waals surface area contributed by atoms with Gasteiger partial charge in [0.25, 0.3) is 5.91 Å². The molecule has 0 radical (unpaired) electrons. The number of nitrogens with zero attached hydrogens (tertiary/aromatic N) is 1. The summed E-state index contributed by atoms with van der Waals surface area (Å²) in [6.07, 6.45) is 2.31. The van der Waals surface area contributed by atoms with Gasteiger partial charge in [-0.2, -0.15) is 0 Å². The lowest BCUT2D eigenvalue weighted by atomic mass is 9.96. The minimum atomic E-state index is -0.283. The number of nitrogens with two attached hydrogens (primary N) is 1. The summed E-state index contributed by atoms with van der Waals surface area (Å²) in [6.45, 7) is 8.20. The molecule has 3 rings (SSSR count). The third-order valence-electron chi connectivity index (χ3n) is 5.24. The molecular formula is C25H29N3O2. The maximum Gasteiger partial charge on any atom is 0.259 e. The Balaban J connectivity index is 1.68. The Morgan fingerprint density at radius 3 is 2.53 bits per heavy atom. The molecule has 30 heavy (non-hydrogen) atoms. The normalized spacial score (nSPS) is 11.7. The first-order chi connectivity index (χ1) is 14.4. The molecule has 0 saturated heterocycles. The van der Waals surface area contributed by atoms with Gasteiger partial charge in [-0.25, -0.2) is 4.98 Å². The van der Waals surface area contributed by atoms with Crippen LogP contribution in [0, 0.1) is 13.8 Å². The van der Waals surface area contributed by atoms with Crippen LogP contribution < -0.4 is 15.8 Å². The summed E-state index contributed by atoms with van der Waals surface area (Å²) in [5.74, 6) is 1.97. The van der Waals surface area contributed by atoms with Gasteiger partial charge < -0.3 is 15.8 Å². The van der Waals surface area contributed by atoms with Crippen LogP contribution in [-0.4, -0.2) is 10.9 Å². The van der Waals surface area contributed by atoms with Gasteiger partial charge in [-0.05, 0) is 79.8 Å². The Labute approximate surface area is 178 Å². The largest absolute Gasteiger partial charge is 0.457 e. The van der Waals surface area contributed by atoms with Crippen molar-refractivity contribution in [1.29, 1.82) is 0 Å². The lowest BCUT2D eigenvalue weighted by Crippen LogP contribution is -2.15. The number of aryl methyl sites for hydroxylation is 2. The molecule has 1 heterocycles. The number of hydrogen-bond donors (Lipinski definition) is 2. The van der Waals surface area contributed by atoms with Crippen molar-refractivity contribution in [3.63, 3.8) is 0 Å². The second-order valence-electron chi connectivity index (χ2n) is 7.67. The second-order valence-corrected chi connectivity index (χ2v) is 7.67. The zero-order chi connectivity index (χ0) is 21.7. The molecule has 5 nitrogen and oxygen atoms in total. The number of rotatable bonds is 7. The predicted molar refractivity (Wildman–Crippen MR) is 122 cm³/mol. The molecule has 0 fully saturated rings. The maximum atomic E-state index is 12.6. The van der Waals surface area contributed by atoms with Gasteiger partial charge in [0.05, 0.1) is 5.56 Å². The van der Waals surface area contributed by atoms with Crippen molar-refractivity contribution in [1.82, 2.24) is 4.98 Å². The molecule has 156 valence electrons. The lowest BCUT2D eigenvalue weighted by Gasteiger charge is -2.13. The number of hydrogen-bond acceptors (Lipinski definition) is 4. The van der Waals surface area contributed by atoms with Crippen molar-refractivity contribution in [2.24, 2.45) is 0 Å². The van der Waals surface area contributed by atoms with Crippen molar-refractivity contribution >= 4 is 17.4 Å². The average Bonchev–Trinajstić information content (AvgIpc) is 2.72. The SMILES string of the molecule is CCCC(C)c1cccc(Oc2ccc(NC(=O)c3cc(C)c(C)nc3N)cc2)c1. The van der Waals surface area contributed by atoms with Crippen LogP contribution in [0.5, 0.6) is 11.5 Å². The van der Waals surface area contributed by atoms with Crippen LogP contribution in [0.4, 0.5) is 11.5 Å². The minimum Gasteiger partial charge on any atom is -0.457 e. The van der Waals surface area contributed by atoms with Gasteiger partial charge in [-0.3, -0.25) is 4.79 Å². The molecule has 0 bridgehead atoms. The molecule has 1 atom stereocenters. The third kappa shape index (κ3) is 5.17. The monoisotopic (exact) mass is 403 g/mol. The zero-order valence-electron chi connectivity index (χ0n) is 18.0. The predicted octanol–water partition coefficient (Wildman–Crippen LogP) is 6.23. The molecule has 0 aliphatic rings. The third-order valence-corrected chi connectivity index (χ3v) is 5.24. The molecule has 5 heteroatoms. The van der Waals surface area contributed by atoms with Crippen LogP contribution in [0.1, 0.15) is 59.8 Å². The van der Waals surface area contributed by atoms with Crippen molar-refractivity contribution in [2.45, 2.75) is 46.5 Å². The number of nitrogen functional groups attached to an aromatic ring is 1. The van der Waals surface area contributed by atoms with E-state index in [2.05, 4.69) is 36.3 Å². The molecule has 0 aliphatic carbocycles. The Morgan fingerprint density at radius 2 is 1.83 bits per heavy atom. The van der Waals surface area contributed by atoms with Crippen molar-refractivity contribution < 1.29 is 9.53 Å². The Morgan fingerprint density at radius 1 is 1.10 bits per heavy atom. The van der Waals surface area contributed by atoms with E-state index in [1.54, 1.807) is 6.07 Å². The smallest absolute Gasteiger partial charge is 0.259 e. The number of amides is 1. The van der Waals surface area contributed by atoms with E-state index in [1.807, 2.05) is 50.2 Å². The highest BCUT2D eigenvalue weighted by Crippen LogP contribution is 2.28. The van der Waals surface area contributed by atoms with E-state index in [-0.39, 0.29) is 11.7 Å². The summed E-state index contributed by atoms with van der Waals surface area (Å²) in [5, 5.41) is 2.86. The van der Waals surface area contributed by atoms with Crippen LogP contribution in [0.2, 0.25) is 0 Å². The molecule has 1 unspecified atom stereocenters. The first kappa shape index (κ1) is 21.4. The standard InChI is InChI=1S/C25H29N3O2/c1-5-7-16(2)19-8-6-9-22(15-19)30-21-12-10-20(11-13-21)28-25(29)23-14-17(3)18(4)27-24(23)26/h6,8-16H,5,7H2,1-4H3,(H2,26,27)(H,28,29). The van der Waals surface area contributed by atoms with Crippen LogP contribution in [0.15, 0.2) is 54.6 Å². The Hall–Kier alpha value is -3.34. The topological polar surface area (TPSA) is 77.2 Å². The number of pyridine rings is 1. The summed E-state index contributed by atoms with van der Waals surface area (Å²) in [7, 11) is 0. The highest BCUT2D eigenvalue weighted by atomic mass is 16.5. The van der Waals surface area contributed by atoms with E-state index in [0.717, 1.165) is 29.8 Å². The van der Waals surface area contributed by atoms with E-state index >= 15 is 0 Å². The van der Waals surface area contributed by atoms with Gasteiger partial charge in [0.1, 0.15) is 17.3 Å². The zero-order valence-corrected chi connectivity index (χ0v) is 18.0. The highest BCUT2D eigenvalue weighted by Gasteiger charge is 2.13. The summed E-state index contributed by atoms with van der Waals surface area (Å²) >= 11 is 0. The van der Waals surface area contributed by atoms with Crippen LogP contribution in [0.3, 0.4) is 0 Å². The summed E-state index contributed by atoms with van der Waals surface area (Å²) < 4.78 is 6.00. The second kappa shape index (κ2) is 9.44. The van der Waals surface area contributed by atoms with Gasteiger partial charge in [0, 0.05) is 11.4 Å². The average molecular weight is 404 g/mol. The van der Waals surface area contributed by atoms with Gasteiger partial charge in [0.2, 0.25) is 0 Å². The molecule has 3 N–H and O–H groups in total. The van der Waals surface area contributed by atoms with Gasteiger partial charge >= 0.3 is 0 Å². The number of carbonyl (C=O) groups excluding carboxylic acids is 1. The quantitative estimate of drug-likeness (QED) is 0.490. The van der Waals surface area contributed by atoms with Crippen LogP contribution >= 0.6 is 0 Å². The van der Waals surface area contributed by atoms with E-state index in [1.165, 1.54) is 5.56 Å². The number of aromatic nitrogens is 1. The van der Waals surface area contributed by atoms with E-state index < -0.39 is 0 Å². The molecule has 1 amide bonds. The summed E-state index contributed by atoms with van der Waals surface area (Å²) in [6, 6.07) is 17.2. The fourth-order valence-electron chi connectivity index (χ4n) is 3.33. The lowest BCUT2D eigenvalue weighted by molar-refractivity contribution is 0.102.